The molecule has 0 aliphatic rings. The third-order valence-electron chi connectivity index (χ3n) is 2.45. The van der Waals surface area contributed by atoms with Gasteiger partial charge in [0.15, 0.2) is 0 Å². The van der Waals surface area contributed by atoms with E-state index >= 15 is 0 Å². The summed E-state index contributed by atoms with van der Waals surface area (Å²) in [5.74, 6) is -1.75. The highest BCUT2D eigenvalue weighted by molar-refractivity contribution is 5.88. The molecule has 0 amide bonds. The number of carboxylic acids is 1. The molecule has 1 N–H and O–H groups in total. The molecule has 90 valence electrons. The Bertz CT molecular complexity index is 670. The van der Waals surface area contributed by atoms with Gasteiger partial charge in [0.25, 0.3) is 0 Å². The smallest absolute Gasteiger partial charge is 0.339 e. The quantitative estimate of drug-likeness (QED) is 0.876. The van der Waals surface area contributed by atoms with Crippen LogP contribution in [0, 0.1) is 24.1 Å². The summed E-state index contributed by atoms with van der Waals surface area (Å²) >= 11 is 0. The van der Waals surface area contributed by atoms with Crippen LogP contribution in [0.1, 0.15) is 21.6 Å². The monoisotopic (exact) mass is 245 g/mol. The van der Waals surface area contributed by atoms with Gasteiger partial charge in [-0.3, -0.25) is 0 Å². The van der Waals surface area contributed by atoms with Gasteiger partial charge in [-0.05, 0) is 25.1 Å². The molecule has 6 heteroatoms. The summed E-state index contributed by atoms with van der Waals surface area (Å²) in [7, 11) is 0. The third kappa shape index (κ3) is 1.94. The highest BCUT2D eigenvalue weighted by atomic mass is 19.1. The maximum Gasteiger partial charge on any atom is 0.339 e. The van der Waals surface area contributed by atoms with Crippen molar-refractivity contribution in [2.24, 2.45) is 0 Å². The lowest BCUT2D eigenvalue weighted by atomic mass is 10.2. The van der Waals surface area contributed by atoms with Gasteiger partial charge in [-0.1, -0.05) is 0 Å². The average Bonchev–Trinajstić information content (AvgIpc) is 2.71. The highest BCUT2D eigenvalue weighted by Gasteiger charge is 2.14. The van der Waals surface area contributed by atoms with Crippen LogP contribution in [-0.4, -0.2) is 20.9 Å². The minimum absolute atomic E-state index is 0.0127. The Balaban J connectivity index is 2.53. The first kappa shape index (κ1) is 11.8. The summed E-state index contributed by atoms with van der Waals surface area (Å²) in [4.78, 5) is 10.9. The van der Waals surface area contributed by atoms with Crippen molar-refractivity contribution in [1.29, 1.82) is 5.26 Å². The zero-order valence-corrected chi connectivity index (χ0v) is 9.38. The van der Waals surface area contributed by atoms with E-state index < -0.39 is 11.8 Å². The fourth-order valence-electron chi connectivity index (χ4n) is 1.56. The van der Waals surface area contributed by atoms with Crippen LogP contribution in [0.15, 0.2) is 24.4 Å². The Morgan fingerprint density at radius 1 is 1.56 bits per heavy atom. The molecule has 0 fully saturated rings. The summed E-state index contributed by atoms with van der Waals surface area (Å²) in [5.41, 5.74) is 0.605. The lowest BCUT2D eigenvalue weighted by Crippen LogP contribution is -1.99. The van der Waals surface area contributed by atoms with Crippen LogP contribution in [0.5, 0.6) is 0 Å². The molecule has 5 nitrogen and oxygen atoms in total. The number of nitrogens with zero attached hydrogens (tertiary/aromatic N) is 3. The molecular weight excluding hydrogens is 237 g/mol. The van der Waals surface area contributed by atoms with E-state index in [1.54, 1.807) is 0 Å². The molecule has 18 heavy (non-hydrogen) atoms. The van der Waals surface area contributed by atoms with Gasteiger partial charge in [-0.15, -0.1) is 0 Å². The van der Waals surface area contributed by atoms with Crippen LogP contribution in [0.4, 0.5) is 4.39 Å². The third-order valence-corrected chi connectivity index (χ3v) is 2.45. The van der Waals surface area contributed by atoms with E-state index in [0.29, 0.717) is 5.69 Å². The van der Waals surface area contributed by atoms with E-state index in [2.05, 4.69) is 5.10 Å². The number of nitriles is 1. The predicted molar refractivity (Wildman–Crippen MR) is 59.9 cm³/mol. The lowest BCUT2D eigenvalue weighted by Gasteiger charge is -2.02. The number of aromatic nitrogens is 2. The number of aromatic carboxylic acids is 1. The largest absolute Gasteiger partial charge is 0.478 e. The van der Waals surface area contributed by atoms with Crippen molar-refractivity contribution < 1.29 is 14.3 Å². The maximum absolute atomic E-state index is 13.7. The molecule has 2 aromatic rings. The summed E-state index contributed by atoms with van der Waals surface area (Å²) in [5, 5.41) is 21.4. The van der Waals surface area contributed by atoms with E-state index in [-0.39, 0.29) is 16.8 Å². The predicted octanol–water partition coefficient (Wildman–Crippen LogP) is 1.89. The number of hydrogen-bond acceptors (Lipinski definition) is 3. The molecule has 1 aromatic heterocycles. The zero-order chi connectivity index (χ0) is 13.3. The zero-order valence-electron chi connectivity index (χ0n) is 9.38. The fourth-order valence-corrected chi connectivity index (χ4v) is 1.56. The molecular formula is C12H8FN3O2. The fraction of sp³-hybridized carbons (Fsp3) is 0.0833. The average molecular weight is 245 g/mol. The molecule has 0 radical (unpaired) electrons. The Kier molecular flexibility index (Phi) is 2.81. The standard InChI is InChI=1S/C12H8FN3O2/c1-7-9(12(17)18)6-16(15-7)11-3-2-8(5-14)4-10(11)13/h2-4,6H,1H3,(H,17,18). The first-order chi connectivity index (χ1) is 8.52. The second-order valence-corrected chi connectivity index (χ2v) is 3.66. The van der Waals surface area contributed by atoms with Crippen LogP contribution in [-0.2, 0) is 0 Å². The van der Waals surface area contributed by atoms with Crippen LogP contribution in [0.3, 0.4) is 0 Å². The molecule has 1 heterocycles. The second kappa shape index (κ2) is 4.30. The lowest BCUT2D eigenvalue weighted by molar-refractivity contribution is 0.0696. The number of halogens is 1. The van der Waals surface area contributed by atoms with Crippen molar-refractivity contribution in [2.75, 3.05) is 0 Å². The van der Waals surface area contributed by atoms with Gasteiger partial charge in [0.2, 0.25) is 0 Å². The molecule has 2 rings (SSSR count). The maximum atomic E-state index is 13.7. The van der Waals surface area contributed by atoms with E-state index in [0.717, 1.165) is 10.7 Å². The molecule has 0 unspecified atom stereocenters. The first-order valence-corrected chi connectivity index (χ1v) is 5.02. The molecule has 0 bridgehead atoms. The minimum Gasteiger partial charge on any atom is -0.478 e. The number of carbonyl (C=O) groups is 1. The van der Waals surface area contributed by atoms with Gasteiger partial charge < -0.3 is 5.11 Å². The van der Waals surface area contributed by atoms with Gasteiger partial charge in [-0.2, -0.15) is 10.4 Å². The van der Waals surface area contributed by atoms with E-state index in [9.17, 15) is 9.18 Å². The second-order valence-electron chi connectivity index (χ2n) is 3.66. The van der Waals surface area contributed by atoms with Crippen molar-refractivity contribution in [2.45, 2.75) is 6.92 Å². The van der Waals surface area contributed by atoms with Gasteiger partial charge >= 0.3 is 5.97 Å². The normalized spacial score (nSPS) is 10.1. The first-order valence-electron chi connectivity index (χ1n) is 5.02. The number of carboxylic acid groups (broad SMARTS) is 1. The Morgan fingerprint density at radius 3 is 2.78 bits per heavy atom. The van der Waals surface area contributed by atoms with Crippen molar-refractivity contribution in [3.63, 3.8) is 0 Å². The van der Waals surface area contributed by atoms with Crippen molar-refractivity contribution in [3.8, 4) is 11.8 Å². The van der Waals surface area contributed by atoms with Gasteiger partial charge in [-0.25, -0.2) is 13.9 Å². The topological polar surface area (TPSA) is 78.9 Å². The summed E-state index contributed by atoms with van der Waals surface area (Å²) < 4.78 is 14.9. The van der Waals surface area contributed by atoms with Gasteiger partial charge in [0, 0.05) is 6.20 Å². The molecule has 0 aliphatic heterocycles. The molecule has 0 atom stereocenters. The Morgan fingerprint density at radius 2 is 2.28 bits per heavy atom. The summed E-state index contributed by atoms with van der Waals surface area (Å²) in [6, 6.07) is 5.71. The van der Waals surface area contributed by atoms with Crippen LogP contribution < -0.4 is 0 Å². The van der Waals surface area contributed by atoms with E-state index in [1.807, 2.05) is 6.07 Å². The SMILES string of the molecule is Cc1nn(-c2ccc(C#N)cc2F)cc1C(=O)O. The molecule has 0 aliphatic carbocycles. The van der Waals surface area contributed by atoms with Crippen molar-refractivity contribution in [1.82, 2.24) is 9.78 Å². The van der Waals surface area contributed by atoms with Gasteiger partial charge in [0.1, 0.15) is 17.1 Å². The summed E-state index contributed by atoms with van der Waals surface area (Å²) in [6.45, 7) is 1.53. The number of rotatable bonds is 2. The number of benzene rings is 1. The Labute approximate surface area is 102 Å². The van der Waals surface area contributed by atoms with Crippen LogP contribution >= 0.6 is 0 Å². The summed E-state index contributed by atoms with van der Waals surface area (Å²) in [6.07, 6.45) is 1.24. The minimum atomic E-state index is -1.12. The van der Waals surface area contributed by atoms with Crippen molar-refractivity contribution >= 4 is 5.97 Å². The highest BCUT2D eigenvalue weighted by Crippen LogP contribution is 2.16. The molecule has 1 aromatic carbocycles. The molecule has 0 spiro atoms. The van der Waals surface area contributed by atoms with E-state index in [4.69, 9.17) is 10.4 Å². The van der Waals surface area contributed by atoms with Crippen LogP contribution in [0.25, 0.3) is 5.69 Å². The number of hydrogen-bond donors (Lipinski definition) is 1. The molecule has 0 saturated heterocycles. The van der Waals surface area contributed by atoms with Crippen molar-refractivity contribution in [3.05, 3.63) is 47.0 Å². The van der Waals surface area contributed by atoms with Gasteiger partial charge in [0.05, 0.1) is 17.3 Å². The number of aryl methyl sites for hydroxylation is 1. The Hall–Kier alpha value is -2.68. The van der Waals surface area contributed by atoms with Crippen LogP contribution in [0.2, 0.25) is 0 Å². The molecule has 0 saturated carbocycles. The van der Waals surface area contributed by atoms with E-state index in [1.165, 1.54) is 25.3 Å².